The van der Waals surface area contributed by atoms with Crippen molar-refractivity contribution in [2.45, 2.75) is 12.8 Å². The molecule has 26 heavy (non-hydrogen) atoms. The van der Waals surface area contributed by atoms with Gasteiger partial charge in [-0.3, -0.25) is 14.4 Å². The van der Waals surface area contributed by atoms with Crippen LogP contribution in [0, 0.1) is 11.7 Å². The first kappa shape index (κ1) is 17.9. The second-order valence-corrected chi connectivity index (χ2v) is 6.56. The SMILES string of the molecule is CN(CC(=O)N1CCCC(C(=O)O)C1)C(=O)c1cc2c(F)cccc2[nH]1. The summed E-state index contributed by atoms with van der Waals surface area (Å²) >= 11 is 0. The first-order chi connectivity index (χ1) is 12.4. The summed E-state index contributed by atoms with van der Waals surface area (Å²) in [4.78, 5) is 41.6. The number of piperidine rings is 1. The van der Waals surface area contributed by atoms with E-state index in [2.05, 4.69) is 4.98 Å². The maximum Gasteiger partial charge on any atom is 0.308 e. The number of fused-ring (bicyclic) bond motifs is 1. The number of carbonyl (C=O) groups is 3. The van der Waals surface area contributed by atoms with E-state index in [0.29, 0.717) is 30.3 Å². The Labute approximate surface area is 149 Å². The Balaban J connectivity index is 1.67. The van der Waals surface area contributed by atoms with E-state index in [1.165, 1.54) is 29.0 Å². The van der Waals surface area contributed by atoms with E-state index in [-0.39, 0.29) is 24.7 Å². The van der Waals surface area contributed by atoms with E-state index in [9.17, 15) is 18.8 Å². The third-order valence-corrected chi connectivity index (χ3v) is 4.68. The molecule has 2 aromatic rings. The molecule has 0 radical (unpaired) electrons. The topological polar surface area (TPSA) is 93.7 Å². The molecular weight excluding hydrogens is 341 g/mol. The summed E-state index contributed by atoms with van der Waals surface area (Å²) in [5.74, 6) is -2.63. The van der Waals surface area contributed by atoms with Gasteiger partial charge >= 0.3 is 5.97 Å². The molecule has 1 aromatic carbocycles. The number of carboxylic acid groups (broad SMARTS) is 1. The monoisotopic (exact) mass is 361 g/mol. The fourth-order valence-electron chi connectivity index (χ4n) is 3.22. The van der Waals surface area contributed by atoms with Gasteiger partial charge in [-0.25, -0.2) is 4.39 Å². The molecule has 1 unspecified atom stereocenters. The number of amides is 2. The van der Waals surface area contributed by atoms with Crippen LogP contribution in [0.1, 0.15) is 23.3 Å². The molecule has 0 spiro atoms. The zero-order valence-corrected chi connectivity index (χ0v) is 14.4. The number of halogens is 1. The highest BCUT2D eigenvalue weighted by atomic mass is 19.1. The number of benzene rings is 1. The van der Waals surface area contributed by atoms with Crippen LogP contribution in [0.15, 0.2) is 24.3 Å². The number of carbonyl (C=O) groups excluding carboxylic acids is 2. The lowest BCUT2D eigenvalue weighted by Crippen LogP contribution is -2.46. The van der Waals surface area contributed by atoms with Gasteiger partial charge in [-0.2, -0.15) is 0 Å². The highest BCUT2D eigenvalue weighted by Crippen LogP contribution is 2.20. The number of hydrogen-bond donors (Lipinski definition) is 2. The fraction of sp³-hybridized carbons (Fsp3) is 0.389. The van der Waals surface area contributed by atoms with E-state index >= 15 is 0 Å². The van der Waals surface area contributed by atoms with Gasteiger partial charge in [0.25, 0.3) is 5.91 Å². The molecule has 2 heterocycles. The second kappa shape index (κ2) is 7.15. The number of nitrogens with zero attached hydrogens (tertiary/aromatic N) is 2. The lowest BCUT2D eigenvalue weighted by molar-refractivity contribution is -0.145. The first-order valence-electron chi connectivity index (χ1n) is 8.40. The number of aromatic nitrogens is 1. The molecule has 0 saturated carbocycles. The van der Waals surface area contributed by atoms with Crippen molar-refractivity contribution in [3.8, 4) is 0 Å². The van der Waals surface area contributed by atoms with Crippen molar-refractivity contribution in [3.05, 3.63) is 35.8 Å². The fourth-order valence-corrected chi connectivity index (χ4v) is 3.22. The van der Waals surface area contributed by atoms with Gasteiger partial charge in [-0.15, -0.1) is 0 Å². The van der Waals surface area contributed by atoms with Gasteiger partial charge in [-0.05, 0) is 31.0 Å². The molecule has 0 aliphatic carbocycles. The molecule has 1 aliphatic rings. The molecule has 2 N–H and O–H groups in total. The second-order valence-electron chi connectivity index (χ2n) is 6.56. The van der Waals surface area contributed by atoms with Gasteiger partial charge in [0, 0.05) is 31.0 Å². The van der Waals surface area contributed by atoms with E-state index in [1.54, 1.807) is 12.1 Å². The number of H-pyrrole nitrogens is 1. The molecule has 0 bridgehead atoms. The molecule has 1 atom stereocenters. The molecular formula is C18H20FN3O4. The molecule has 138 valence electrons. The number of nitrogens with one attached hydrogen (secondary N) is 1. The Morgan fingerprint density at radius 2 is 2.15 bits per heavy atom. The van der Waals surface area contributed by atoms with Crippen LogP contribution in [0.4, 0.5) is 4.39 Å². The van der Waals surface area contributed by atoms with Crippen molar-refractivity contribution in [2.24, 2.45) is 5.92 Å². The Bertz CT molecular complexity index is 863. The number of rotatable bonds is 4. The minimum Gasteiger partial charge on any atom is -0.481 e. The van der Waals surface area contributed by atoms with Crippen LogP contribution in [-0.2, 0) is 9.59 Å². The van der Waals surface area contributed by atoms with Crippen LogP contribution in [0.25, 0.3) is 10.9 Å². The summed E-state index contributed by atoms with van der Waals surface area (Å²) in [7, 11) is 1.49. The molecule has 1 aromatic heterocycles. The number of aliphatic carboxylic acids is 1. The van der Waals surface area contributed by atoms with Crippen LogP contribution in [0.3, 0.4) is 0 Å². The number of aromatic amines is 1. The summed E-state index contributed by atoms with van der Waals surface area (Å²) in [5.41, 5.74) is 0.705. The van der Waals surface area contributed by atoms with E-state index in [1.807, 2.05) is 0 Å². The Kier molecular flexibility index (Phi) is 4.92. The lowest BCUT2D eigenvalue weighted by Gasteiger charge is -2.31. The largest absolute Gasteiger partial charge is 0.481 e. The van der Waals surface area contributed by atoms with Crippen molar-refractivity contribution >= 4 is 28.7 Å². The van der Waals surface area contributed by atoms with Gasteiger partial charge < -0.3 is 19.9 Å². The summed E-state index contributed by atoms with van der Waals surface area (Å²) < 4.78 is 13.8. The van der Waals surface area contributed by atoms with Crippen LogP contribution < -0.4 is 0 Å². The van der Waals surface area contributed by atoms with Crippen molar-refractivity contribution in [1.29, 1.82) is 0 Å². The average Bonchev–Trinajstić information content (AvgIpc) is 3.06. The van der Waals surface area contributed by atoms with E-state index in [4.69, 9.17) is 5.11 Å². The third-order valence-electron chi connectivity index (χ3n) is 4.68. The number of carboxylic acids is 1. The Morgan fingerprint density at radius 3 is 2.85 bits per heavy atom. The summed E-state index contributed by atoms with van der Waals surface area (Å²) in [5, 5.41) is 9.43. The highest BCUT2D eigenvalue weighted by molar-refractivity contribution is 5.99. The van der Waals surface area contributed by atoms with Gasteiger partial charge in [0.05, 0.1) is 12.5 Å². The standard InChI is InChI=1S/C18H20FN3O4/c1-21(10-16(23)22-7-3-4-11(9-22)18(25)26)17(24)15-8-12-13(19)5-2-6-14(12)20-15/h2,5-6,8,11,20H,3-4,7,9-10H2,1H3,(H,25,26). The zero-order valence-electron chi connectivity index (χ0n) is 14.4. The average molecular weight is 361 g/mol. The first-order valence-corrected chi connectivity index (χ1v) is 8.40. The number of hydrogen-bond acceptors (Lipinski definition) is 3. The van der Waals surface area contributed by atoms with Crippen molar-refractivity contribution in [1.82, 2.24) is 14.8 Å². The minimum absolute atomic E-state index is 0.161. The maximum atomic E-state index is 13.8. The molecule has 8 heteroatoms. The maximum absolute atomic E-state index is 13.8. The predicted octanol–water partition coefficient (Wildman–Crippen LogP) is 1.70. The van der Waals surface area contributed by atoms with E-state index in [0.717, 1.165) is 0 Å². The van der Waals surface area contributed by atoms with Crippen molar-refractivity contribution < 1.29 is 23.9 Å². The van der Waals surface area contributed by atoms with Crippen LogP contribution in [-0.4, -0.2) is 64.4 Å². The smallest absolute Gasteiger partial charge is 0.308 e. The normalized spacial score (nSPS) is 17.3. The molecule has 7 nitrogen and oxygen atoms in total. The Hall–Kier alpha value is -2.90. The molecule has 3 rings (SSSR count). The van der Waals surface area contributed by atoms with Crippen LogP contribution in [0.5, 0.6) is 0 Å². The molecule has 1 fully saturated rings. The summed E-state index contributed by atoms with van der Waals surface area (Å²) in [6, 6.07) is 5.95. The van der Waals surface area contributed by atoms with Crippen molar-refractivity contribution in [3.63, 3.8) is 0 Å². The predicted molar refractivity (Wildman–Crippen MR) is 92.2 cm³/mol. The molecule has 1 saturated heterocycles. The van der Waals surface area contributed by atoms with E-state index < -0.39 is 23.6 Å². The lowest BCUT2D eigenvalue weighted by atomic mass is 9.98. The summed E-state index contributed by atoms with van der Waals surface area (Å²) in [6.07, 6.45) is 1.18. The van der Waals surface area contributed by atoms with Gasteiger partial charge in [0.15, 0.2) is 0 Å². The third kappa shape index (κ3) is 3.54. The number of likely N-dealkylation sites (tertiary alicyclic amines) is 1. The van der Waals surface area contributed by atoms with Crippen LogP contribution in [0.2, 0.25) is 0 Å². The zero-order chi connectivity index (χ0) is 18.8. The molecule has 2 amide bonds. The Morgan fingerprint density at radius 1 is 1.38 bits per heavy atom. The quantitative estimate of drug-likeness (QED) is 0.867. The molecule has 1 aliphatic heterocycles. The van der Waals surface area contributed by atoms with Crippen molar-refractivity contribution in [2.75, 3.05) is 26.7 Å². The van der Waals surface area contributed by atoms with Gasteiger partial charge in [0.1, 0.15) is 11.5 Å². The highest BCUT2D eigenvalue weighted by Gasteiger charge is 2.29. The minimum atomic E-state index is -0.910. The number of likely N-dealkylation sites (N-methyl/N-ethyl adjacent to an activating group) is 1. The van der Waals surface area contributed by atoms with Crippen LogP contribution >= 0.6 is 0 Å². The van der Waals surface area contributed by atoms with Gasteiger partial charge in [0.2, 0.25) is 5.91 Å². The summed E-state index contributed by atoms with van der Waals surface area (Å²) in [6.45, 7) is 0.485. The van der Waals surface area contributed by atoms with Gasteiger partial charge in [-0.1, -0.05) is 6.07 Å².